The van der Waals surface area contributed by atoms with Gasteiger partial charge in [-0.05, 0) is 38.0 Å². The van der Waals surface area contributed by atoms with E-state index >= 15 is 0 Å². The van der Waals surface area contributed by atoms with Gasteiger partial charge in [0.15, 0.2) is 0 Å². The van der Waals surface area contributed by atoms with Gasteiger partial charge in [-0.1, -0.05) is 37.9 Å². The van der Waals surface area contributed by atoms with E-state index in [9.17, 15) is 9.59 Å². The summed E-state index contributed by atoms with van der Waals surface area (Å²) in [5, 5.41) is 9.33. The normalized spacial score (nSPS) is 9.05. The Morgan fingerprint density at radius 1 is 1.23 bits per heavy atom. The maximum absolute atomic E-state index is 10.2. The molecule has 0 amide bonds. The molecule has 22 heavy (non-hydrogen) atoms. The fourth-order valence-electron chi connectivity index (χ4n) is 1.29. The Balaban J connectivity index is 0. The maximum Gasteiger partial charge on any atom is 0.303 e. The first kappa shape index (κ1) is 23.7. The highest BCUT2D eigenvalue weighted by atomic mass is 79.9. The molecule has 0 aliphatic heterocycles. The number of aliphatic carboxylic acids is 1. The van der Waals surface area contributed by atoms with Gasteiger partial charge in [0.25, 0.3) is 0 Å². The van der Waals surface area contributed by atoms with Crippen LogP contribution in [0.1, 0.15) is 32.6 Å². The van der Waals surface area contributed by atoms with Crippen molar-refractivity contribution in [1.82, 2.24) is 0 Å². The van der Waals surface area contributed by atoms with E-state index in [-0.39, 0.29) is 25.7 Å². The topological polar surface area (TPSA) is 63.6 Å². The molecule has 7 heteroatoms. The van der Waals surface area contributed by atoms with Crippen molar-refractivity contribution in [2.75, 3.05) is 11.9 Å². The van der Waals surface area contributed by atoms with Crippen LogP contribution in [-0.4, -0.2) is 28.8 Å². The van der Waals surface area contributed by atoms with Crippen LogP contribution in [0.5, 0.6) is 5.75 Å². The second-order valence-corrected chi connectivity index (χ2v) is 6.01. The van der Waals surface area contributed by atoms with Crippen molar-refractivity contribution in [1.29, 1.82) is 0 Å². The number of carbonyl (C=O) groups excluding carboxylic acids is 1. The van der Waals surface area contributed by atoms with E-state index in [0.717, 1.165) is 22.0 Å². The highest BCUT2D eigenvalue weighted by molar-refractivity contribution is 9.10. The summed E-state index contributed by atoms with van der Waals surface area (Å²) in [4.78, 5) is 20.4. The molecule has 0 saturated heterocycles. The van der Waals surface area contributed by atoms with E-state index in [1.165, 1.54) is 0 Å². The smallest absolute Gasteiger partial charge is 0.303 e. The minimum atomic E-state index is -0.789. The monoisotopic (exact) mass is 456 g/mol. The Bertz CT molecular complexity index is 441. The first-order chi connectivity index (χ1) is 9.95. The molecule has 0 unspecified atom stereocenters. The standard InChI is InChI=1S/C10H11BrO3.C5H9BrO.H2S/c11-8-3-1-4-9(7-8)14-6-2-5-10(12)13;1-5(7)3-2-4-6;/h1,3-4,7H,2,5-6H2,(H,12,13);2-4H2,1H3;1H2. The molecule has 1 rings (SSSR count). The van der Waals surface area contributed by atoms with Crippen LogP contribution in [0.3, 0.4) is 0 Å². The lowest BCUT2D eigenvalue weighted by molar-refractivity contribution is -0.137. The zero-order chi connectivity index (χ0) is 16.1. The Morgan fingerprint density at radius 2 is 1.91 bits per heavy atom. The Morgan fingerprint density at radius 3 is 2.36 bits per heavy atom. The average molecular weight is 458 g/mol. The van der Waals surface area contributed by atoms with Crippen molar-refractivity contribution in [3.8, 4) is 5.75 Å². The molecule has 4 nitrogen and oxygen atoms in total. The third-order valence-electron chi connectivity index (χ3n) is 2.26. The fraction of sp³-hybridized carbons (Fsp3) is 0.467. The summed E-state index contributed by atoms with van der Waals surface area (Å²) in [6.45, 7) is 2.05. The molecule has 0 aromatic heterocycles. The molecule has 0 radical (unpaired) electrons. The van der Waals surface area contributed by atoms with Gasteiger partial charge in [0, 0.05) is 22.6 Å². The molecule has 0 aliphatic rings. The Hall–Kier alpha value is -0.530. The minimum Gasteiger partial charge on any atom is -0.494 e. The number of ether oxygens (including phenoxy) is 1. The first-order valence-corrected chi connectivity index (χ1v) is 8.52. The van der Waals surface area contributed by atoms with E-state index < -0.39 is 5.97 Å². The van der Waals surface area contributed by atoms with E-state index in [4.69, 9.17) is 9.84 Å². The predicted octanol–water partition coefficient (Wildman–Crippen LogP) is 4.56. The van der Waals surface area contributed by atoms with Crippen molar-refractivity contribution in [3.63, 3.8) is 0 Å². The molecule has 0 atom stereocenters. The van der Waals surface area contributed by atoms with Crippen molar-refractivity contribution >= 4 is 57.1 Å². The Labute approximate surface area is 155 Å². The predicted molar refractivity (Wildman–Crippen MR) is 101 cm³/mol. The largest absolute Gasteiger partial charge is 0.494 e. The van der Waals surface area contributed by atoms with Crippen molar-refractivity contribution < 1.29 is 19.4 Å². The van der Waals surface area contributed by atoms with E-state index in [2.05, 4.69) is 31.9 Å². The number of carbonyl (C=O) groups is 2. The summed E-state index contributed by atoms with van der Waals surface area (Å²) in [6.07, 6.45) is 2.36. The maximum atomic E-state index is 10.2. The molecular weight excluding hydrogens is 436 g/mol. The number of hydrogen-bond donors (Lipinski definition) is 1. The summed E-state index contributed by atoms with van der Waals surface area (Å²) in [5.74, 6) is 0.243. The second kappa shape index (κ2) is 15.4. The van der Waals surface area contributed by atoms with Crippen LogP contribution >= 0.6 is 45.4 Å². The van der Waals surface area contributed by atoms with Gasteiger partial charge in [0.1, 0.15) is 11.5 Å². The highest BCUT2D eigenvalue weighted by Crippen LogP contribution is 2.17. The van der Waals surface area contributed by atoms with Crippen LogP contribution in [0.25, 0.3) is 0 Å². The van der Waals surface area contributed by atoms with Gasteiger partial charge in [0.2, 0.25) is 0 Å². The van der Waals surface area contributed by atoms with Crippen LogP contribution in [0.15, 0.2) is 28.7 Å². The number of ketones is 1. The highest BCUT2D eigenvalue weighted by Gasteiger charge is 1.98. The van der Waals surface area contributed by atoms with Gasteiger partial charge in [0.05, 0.1) is 6.61 Å². The molecule has 1 aromatic carbocycles. The van der Waals surface area contributed by atoms with E-state index in [1.54, 1.807) is 6.92 Å². The number of rotatable bonds is 8. The Kier molecular flexibility index (Phi) is 16.6. The summed E-state index contributed by atoms with van der Waals surface area (Å²) >= 11 is 6.55. The van der Waals surface area contributed by atoms with Gasteiger partial charge in [-0.3, -0.25) is 4.79 Å². The summed E-state index contributed by atoms with van der Waals surface area (Å²) in [7, 11) is 0. The van der Waals surface area contributed by atoms with Crippen LogP contribution in [0, 0.1) is 0 Å². The lowest BCUT2D eigenvalue weighted by atomic mass is 10.3. The molecule has 1 aromatic rings. The molecular formula is C15H22Br2O4S. The van der Waals surface area contributed by atoms with Crippen molar-refractivity contribution in [2.45, 2.75) is 32.6 Å². The molecule has 0 fully saturated rings. The summed E-state index contributed by atoms with van der Waals surface area (Å²) < 4.78 is 6.30. The van der Waals surface area contributed by atoms with Crippen LogP contribution in [0.2, 0.25) is 0 Å². The van der Waals surface area contributed by atoms with Crippen LogP contribution in [0.4, 0.5) is 0 Å². The lowest BCUT2D eigenvalue weighted by Gasteiger charge is -2.04. The summed E-state index contributed by atoms with van der Waals surface area (Å²) in [5.41, 5.74) is 0. The number of carboxylic acid groups (broad SMARTS) is 1. The number of hydrogen-bond acceptors (Lipinski definition) is 3. The van der Waals surface area contributed by atoms with Gasteiger partial charge in [-0.2, -0.15) is 13.5 Å². The van der Waals surface area contributed by atoms with Gasteiger partial charge >= 0.3 is 5.97 Å². The number of Topliss-reactive ketones (excluding diaryl/α,β-unsaturated/α-hetero) is 1. The third kappa shape index (κ3) is 15.9. The molecule has 0 spiro atoms. The number of carboxylic acids is 1. The summed E-state index contributed by atoms with van der Waals surface area (Å²) in [6, 6.07) is 7.47. The molecule has 0 heterocycles. The molecule has 0 aliphatic carbocycles. The number of halogens is 2. The minimum absolute atomic E-state index is 0. The lowest BCUT2D eigenvalue weighted by Crippen LogP contribution is -2.01. The van der Waals surface area contributed by atoms with Crippen LogP contribution < -0.4 is 4.74 Å². The van der Waals surface area contributed by atoms with E-state index in [1.807, 2.05) is 24.3 Å². The average Bonchev–Trinajstić information content (AvgIpc) is 2.42. The van der Waals surface area contributed by atoms with Gasteiger partial charge in [-0.25, -0.2) is 0 Å². The zero-order valence-electron chi connectivity index (χ0n) is 12.5. The van der Waals surface area contributed by atoms with E-state index in [0.29, 0.717) is 19.4 Å². The van der Waals surface area contributed by atoms with Crippen molar-refractivity contribution in [2.24, 2.45) is 0 Å². The van der Waals surface area contributed by atoms with Crippen molar-refractivity contribution in [3.05, 3.63) is 28.7 Å². The second-order valence-electron chi connectivity index (χ2n) is 4.30. The zero-order valence-corrected chi connectivity index (χ0v) is 16.7. The van der Waals surface area contributed by atoms with Gasteiger partial charge < -0.3 is 14.6 Å². The molecule has 126 valence electrons. The fourth-order valence-corrected chi connectivity index (χ4v) is 1.94. The molecule has 0 saturated carbocycles. The SMILES string of the molecule is CC(=O)CCCBr.O=C(O)CCCOc1cccc(Br)c1.S. The van der Waals surface area contributed by atoms with Gasteiger partial charge in [-0.15, -0.1) is 0 Å². The first-order valence-electron chi connectivity index (χ1n) is 6.61. The van der Waals surface area contributed by atoms with Crippen LogP contribution in [-0.2, 0) is 9.59 Å². The number of benzene rings is 1. The number of alkyl halides is 1. The molecule has 1 N–H and O–H groups in total. The third-order valence-corrected chi connectivity index (χ3v) is 3.32. The molecule has 0 bridgehead atoms. The quantitative estimate of drug-likeness (QED) is 0.459.